The van der Waals surface area contributed by atoms with Crippen LogP contribution >= 0.6 is 0 Å². The third kappa shape index (κ3) is 25.5. The molecular weight excluding hydrogens is 452 g/mol. The van der Waals surface area contributed by atoms with Gasteiger partial charge in [-0.3, -0.25) is 4.79 Å². The molecule has 0 aromatic carbocycles. The van der Waals surface area contributed by atoms with Crippen molar-refractivity contribution in [2.24, 2.45) is 5.41 Å². The maximum atomic E-state index is 10.7. The Labute approximate surface area is 234 Å². The number of carbonyl (C=O) groups is 1. The highest BCUT2D eigenvalue weighted by Crippen LogP contribution is 2.42. The number of unbranched alkanes of at least 4 members (excludes halogenated alkanes) is 21. The van der Waals surface area contributed by atoms with Gasteiger partial charge in [0.15, 0.2) is 0 Å². The van der Waals surface area contributed by atoms with Crippen molar-refractivity contribution in [2.75, 3.05) is 0 Å². The first-order chi connectivity index (χ1) is 18.1. The van der Waals surface area contributed by atoms with E-state index in [9.17, 15) is 4.79 Å². The largest absolute Gasteiger partial charge is 0.481 e. The van der Waals surface area contributed by atoms with Gasteiger partial charge in [-0.1, -0.05) is 175 Å². The van der Waals surface area contributed by atoms with Crippen molar-refractivity contribution in [2.45, 2.75) is 213 Å². The van der Waals surface area contributed by atoms with E-state index < -0.39 is 5.97 Å². The molecule has 0 fully saturated rings. The van der Waals surface area contributed by atoms with Crippen molar-refractivity contribution in [3.8, 4) is 0 Å². The van der Waals surface area contributed by atoms with E-state index in [2.05, 4.69) is 20.8 Å². The van der Waals surface area contributed by atoms with Crippen molar-refractivity contribution in [3.63, 3.8) is 0 Å². The molecule has 2 heteroatoms. The number of hydrogen-bond donors (Lipinski definition) is 1. The summed E-state index contributed by atoms with van der Waals surface area (Å²) in [7, 11) is 0. The molecule has 1 N–H and O–H groups in total. The molecule has 0 saturated heterocycles. The topological polar surface area (TPSA) is 37.3 Å². The van der Waals surface area contributed by atoms with Gasteiger partial charge in [0.1, 0.15) is 0 Å². The smallest absolute Gasteiger partial charge is 0.303 e. The van der Waals surface area contributed by atoms with E-state index in [-0.39, 0.29) is 0 Å². The Bertz CT molecular complexity index is 417. The van der Waals surface area contributed by atoms with Gasteiger partial charge in [-0.15, -0.1) is 0 Å². The molecule has 0 aliphatic heterocycles. The van der Waals surface area contributed by atoms with Gasteiger partial charge in [0.05, 0.1) is 0 Å². The summed E-state index contributed by atoms with van der Waals surface area (Å²) in [6, 6.07) is 0. The van der Waals surface area contributed by atoms with Crippen LogP contribution in [0.1, 0.15) is 213 Å². The second-order valence-corrected chi connectivity index (χ2v) is 12.4. The number of carboxylic acid groups (broad SMARTS) is 1. The lowest BCUT2D eigenvalue weighted by Crippen LogP contribution is -2.21. The number of aliphatic carboxylic acids is 1. The molecule has 0 aromatic heterocycles. The fraction of sp³-hybridized carbons (Fsp3) is 0.971. The van der Waals surface area contributed by atoms with E-state index >= 15 is 0 Å². The van der Waals surface area contributed by atoms with Crippen molar-refractivity contribution in [1.29, 1.82) is 0 Å². The third-order valence-corrected chi connectivity index (χ3v) is 8.78. The quantitative estimate of drug-likeness (QED) is 0.0919. The van der Waals surface area contributed by atoms with Crippen molar-refractivity contribution in [3.05, 3.63) is 0 Å². The summed E-state index contributed by atoms with van der Waals surface area (Å²) in [5, 5.41) is 8.81. The van der Waals surface area contributed by atoms with Gasteiger partial charge in [-0.2, -0.15) is 0 Å². The molecule has 0 aliphatic rings. The second kappa shape index (κ2) is 28.5. The maximum Gasteiger partial charge on any atom is 0.303 e. The average molecular weight is 523 g/mol. The molecule has 0 bridgehead atoms. The van der Waals surface area contributed by atoms with Crippen LogP contribution in [0.3, 0.4) is 0 Å². The Morgan fingerprint density at radius 1 is 0.405 bits per heavy atom. The predicted molar refractivity (Wildman–Crippen MR) is 166 cm³/mol. The lowest BCUT2D eigenvalue weighted by molar-refractivity contribution is -0.137. The fourth-order valence-electron chi connectivity index (χ4n) is 6.25. The van der Waals surface area contributed by atoms with Gasteiger partial charge < -0.3 is 5.11 Å². The normalized spacial score (nSPS) is 11.9. The minimum absolute atomic E-state index is 0.345. The Morgan fingerprint density at radius 2 is 0.649 bits per heavy atom. The van der Waals surface area contributed by atoms with E-state index in [1.54, 1.807) is 0 Å². The van der Waals surface area contributed by atoms with Crippen LogP contribution < -0.4 is 0 Å². The van der Waals surface area contributed by atoms with Gasteiger partial charge in [0, 0.05) is 6.42 Å². The minimum Gasteiger partial charge on any atom is -0.481 e. The summed E-state index contributed by atoms with van der Waals surface area (Å²) in [6.45, 7) is 6.96. The molecule has 222 valence electrons. The predicted octanol–water partition coefficient (Wildman–Crippen LogP) is 12.8. The van der Waals surface area contributed by atoms with Gasteiger partial charge in [-0.25, -0.2) is 0 Å². The molecule has 0 aromatic rings. The van der Waals surface area contributed by atoms with Crippen LogP contribution in [-0.2, 0) is 4.79 Å². The van der Waals surface area contributed by atoms with Gasteiger partial charge in [0.2, 0.25) is 0 Å². The first-order valence-electron chi connectivity index (χ1n) is 17.3. The van der Waals surface area contributed by atoms with Gasteiger partial charge in [0.25, 0.3) is 0 Å². The summed E-state index contributed by atoms with van der Waals surface area (Å²) in [6.07, 6.45) is 40.5. The Kier molecular flexibility index (Phi) is 28.1. The zero-order valence-corrected chi connectivity index (χ0v) is 26.1. The van der Waals surface area contributed by atoms with Crippen molar-refractivity contribution < 1.29 is 9.90 Å². The first kappa shape index (κ1) is 36.5. The van der Waals surface area contributed by atoms with Crippen molar-refractivity contribution >= 4 is 5.97 Å². The van der Waals surface area contributed by atoms with E-state index in [1.165, 1.54) is 173 Å². The third-order valence-electron chi connectivity index (χ3n) is 8.78. The van der Waals surface area contributed by atoms with Crippen LogP contribution in [-0.4, -0.2) is 11.1 Å². The molecule has 0 unspecified atom stereocenters. The summed E-state index contributed by atoms with van der Waals surface area (Å²) in [5.41, 5.74) is 0.613. The Hall–Kier alpha value is -0.530. The van der Waals surface area contributed by atoms with Crippen LogP contribution in [0.25, 0.3) is 0 Å². The molecule has 0 heterocycles. The van der Waals surface area contributed by atoms with E-state index in [0.717, 1.165) is 12.8 Å². The summed E-state index contributed by atoms with van der Waals surface area (Å²) >= 11 is 0. The van der Waals surface area contributed by atoms with Gasteiger partial charge >= 0.3 is 5.97 Å². The molecule has 0 saturated carbocycles. The minimum atomic E-state index is -0.641. The van der Waals surface area contributed by atoms with Crippen molar-refractivity contribution in [1.82, 2.24) is 0 Å². The first-order valence-corrected chi connectivity index (χ1v) is 17.3. The molecule has 0 aliphatic carbocycles. The maximum absolute atomic E-state index is 10.7. The number of rotatable bonds is 31. The molecule has 37 heavy (non-hydrogen) atoms. The zero-order chi connectivity index (χ0) is 27.3. The summed E-state index contributed by atoms with van der Waals surface area (Å²) in [4.78, 5) is 10.7. The highest BCUT2D eigenvalue weighted by molar-refractivity contribution is 5.66. The van der Waals surface area contributed by atoms with E-state index in [4.69, 9.17) is 5.11 Å². The van der Waals surface area contributed by atoms with E-state index in [1.807, 2.05) is 0 Å². The monoisotopic (exact) mass is 523 g/mol. The highest BCUT2D eigenvalue weighted by atomic mass is 16.4. The summed E-state index contributed by atoms with van der Waals surface area (Å²) in [5.74, 6) is -0.641. The molecule has 0 spiro atoms. The second-order valence-electron chi connectivity index (χ2n) is 12.4. The molecule has 0 radical (unpaired) electrons. The molecule has 0 atom stereocenters. The van der Waals surface area contributed by atoms with Crippen LogP contribution in [0.15, 0.2) is 0 Å². The van der Waals surface area contributed by atoms with Crippen LogP contribution in [0.5, 0.6) is 0 Å². The number of carboxylic acids is 1. The molecule has 2 nitrogen and oxygen atoms in total. The fourth-order valence-corrected chi connectivity index (χ4v) is 6.25. The van der Waals surface area contributed by atoms with Crippen LogP contribution in [0.4, 0.5) is 0 Å². The standard InChI is InChI=1S/C35H70O2/c1-4-7-10-13-20-25-30-35(31-26-21-14-11-8-5-2,32-27-22-15-12-9-6-3)33-28-23-18-16-17-19-24-29-34(36)37/h4-33H2,1-3H3,(H,36,37). The van der Waals surface area contributed by atoms with Crippen LogP contribution in [0.2, 0.25) is 0 Å². The highest BCUT2D eigenvalue weighted by Gasteiger charge is 2.28. The molecular formula is C35H70O2. The van der Waals surface area contributed by atoms with E-state index in [0.29, 0.717) is 11.8 Å². The average Bonchev–Trinajstić information content (AvgIpc) is 2.89. The Balaban J connectivity index is 4.72. The lowest BCUT2D eigenvalue weighted by Gasteiger charge is -2.35. The molecule has 0 amide bonds. The SMILES string of the molecule is CCCCCCCCC(CCCCCCCC)(CCCCCCCC)CCCCCCCCCC(=O)O. The summed E-state index contributed by atoms with van der Waals surface area (Å²) < 4.78 is 0. The van der Waals surface area contributed by atoms with Gasteiger partial charge in [-0.05, 0) is 37.5 Å². The zero-order valence-electron chi connectivity index (χ0n) is 26.1. The molecule has 0 rings (SSSR count). The van der Waals surface area contributed by atoms with Crippen LogP contribution in [0, 0.1) is 5.41 Å². The Morgan fingerprint density at radius 3 is 0.919 bits per heavy atom. The number of hydrogen-bond acceptors (Lipinski definition) is 1. The lowest BCUT2D eigenvalue weighted by atomic mass is 9.70.